The number of carbonyl (C=O) groups excluding carboxylic acids is 3. The Morgan fingerprint density at radius 1 is 1.04 bits per heavy atom. The Bertz CT molecular complexity index is 494. The number of amides is 3. The minimum Gasteiger partial charge on any atom is -0.456 e. The lowest BCUT2D eigenvalue weighted by atomic mass is 9.49. The first kappa shape index (κ1) is 17.2. The van der Waals surface area contributed by atoms with E-state index < -0.39 is 18.5 Å². The zero-order chi connectivity index (χ0) is 17.3. The summed E-state index contributed by atoms with van der Waals surface area (Å²) in [5, 5.41) is 4.71. The summed E-state index contributed by atoms with van der Waals surface area (Å²) in [5.74, 6) is 1.45. The van der Waals surface area contributed by atoms with Crippen molar-refractivity contribution >= 4 is 17.9 Å². The van der Waals surface area contributed by atoms with Crippen LogP contribution in [0.4, 0.5) is 4.79 Å². The van der Waals surface area contributed by atoms with E-state index in [9.17, 15) is 14.4 Å². The molecule has 134 valence electrons. The van der Waals surface area contributed by atoms with Crippen molar-refractivity contribution in [2.75, 3.05) is 6.61 Å². The largest absolute Gasteiger partial charge is 0.456 e. The van der Waals surface area contributed by atoms with Crippen LogP contribution in [-0.2, 0) is 14.3 Å². The molecule has 3 amide bonds. The molecule has 0 atom stereocenters. The smallest absolute Gasteiger partial charge is 0.321 e. The fourth-order valence-corrected chi connectivity index (χ4v) is 5.47. The van der Waals surface area contributed by atoms with E-state index in [0.717, 1.165) is 37.0 Å². The van der Waals surface area contributed by atoms with E-state index in [1.165, 1.54) is 19.3 Å². The lowest BCUT2D eigenvalue weighted by molar-refractivity contribution is -0.155. The highest BCUT2D eigenvalue weighted by atomic mass is 16.5. The predicted octanol–water partition coefficient (Wildman–Crippen LogP) is 2.37. The second-order valence-corrected chi connectivity index (χ2v) is 8.43. The number of hydrogen-bond acceptors (Lipinski definition) is 4. The fraction of sp³-hybridized carbons (Fsp3) is 0.833. The summed E-state index contributed by atoms with van der Waals surface area (Å²) in [4.78, 5) is 35.3. The van der Waals surface area contributed by atoms with Crippen LogP contribution < -0.4 is 10.6 Å². The van der Waals surface area contributed by atoms with E-state index >= 15 is 0 Å². The maximum atomic E-state index is 12.2. The van der Waals surface area contributed by atoms with Crippen LogP contribution in [0.25, 0.3) is 0 Å². The van der Waals surface area contributed by atoms with Crippen LogP contribution in [0.2, 0.25) is 0 Å². The van der Waals surface area contributed by atoms with Gasteiger partial charge in [0.25, 0.3) is 5.91 Å². The molecule has 4 aliphatic carbocycles. The van der Waals surface area contributed by atoms with Crippen LogP contribution in [0.5, 0.6) is 0 Å². The molecule has 0 aromatic carbocycles. The van der Waals surface area contributed by atoms with Crippen LogP contribution in [0.3, 0.4) is 0 Å². The minimum absolute atomic E-state index is 0.0589. The highest BCUT2D eigenvalue weighted by Crippen LogP contribution is 2.61. The lowest BCUT2D eigenvalue weighted by Gasteiger charge is -2.56. The third-order valence-electron chi connectivity index (χ3n) is 5.72. The summed E-state index contributed by atoms with van der Waals surface area (Å²) in [5.41, 5.74) is 0.108. The van der Waals surface area contributed by atoms with Crippen molar-refractivity contribution < 1.29 is 19.1 Å². The Balaban J connectivity index is 1.43. The summed E-state index contributed by atoms with van der Waals surface area (Å²) in [6.45, 7) is 3.21. The second kappa shape index (κ2) is 6.73. The quantitative estimate of drug-likeness (QED) is 0.755. The van der Waals surface area contributed by atoms with Gasteiger partial charge in [-0.1, -0.05) is 0 Å². The number of urea groups is 1. The van der Waals surface area contributed by atoms with Crippen molar-refractivity contribution in [1.29, 1.82) is 0 Å². The van der Waals surface area contributed by atoms with Crippen molar-refractivity contribution in [2.45, 2.75) is 64.8 Å². The summed E-state index contributed by atoms with van der Waals surface area (Å²) in [7, 11) is 0. The molecule has 2 N–H and O–H groups in total. The monoisotopic (exact) mass is 336 g/mol. The number of nitrogens with one attached hydrogen (secondary N) is 2. The van der Waals surface area contributed by atoms with Gasteiger partial charge in [-0.05, 0) is 75.5 Å². The summed E-state index contributed by atoms with van der Waals surface area (Å²) in [6, 6.07) is -0.622. The molecule has 0 unspecified atom stereocenters. The van der Waals surface area contributed by atoms with Gasteiger partial charge in [-0.25, -0.2) is 4.79 Å². The number of esters is 1. The first-order valence-corrected chi connectivity index (χ1v) is 9.09. The first-order chi connectivity index (χ1) is 11.3. The summed E-state index contributed by atoms with van der Waals surface area (Å²) in [6.07, 6.45) is 7.83. The molecule has 4 aliphatic rings. The van der Waals surface area contributed by atoms with Crippen LogP contribution in [-0.4, -0.2) is 30.6 Å². The molecule has 0 aromatic rings. The van der Waals surface area contributed by atoms with Crippen LogP contribution >= 0.6 is 0 Å². The number of ether oxygens (including phenoxy) is 1. The average Bonchev–Trinajstić information content (AvgIpc) is 2.42. The van der Waals surface area contributed by atoms with Crippen LogP contribution in [0.1, 0.15) is 58.8 Å². The summed E-state index contributed by atoms with van der Waals surface area (Å²) < 4.78 is 5.12. The normalized spacial score (nSPS) is 33.4. The Labute approximate surface area is 143 Å². The first-order valence-electron chi connectivity index (χ1n) is 9.09. The molecule has 0 heterocycles. The number of hydrogen-bond donors (Lipinski definition) is 2. The third kappa shape index (κ3) is 4.08. The Hall–Kier alpha value is -1.59. The van der Waals surface area contributed by atoms with E-state index in [2.05, 4.69) is 10.6 Å². The van der Waals surface area contributed by atoms with Gasteiger partial charge >= 0.3 is 12.0 Å². The SMILES string of the molecule is CC(C)NC(=O)NC(=O)COC(=O)CC12CC3CC(CC(C3)C1)C2. The van der Waals surface area contributed by atoms with Gasteiger partial charge < -0.3 is 10.1 Å². The van der Waals surface area contributed by atoms with Gasteiger partial charge in [-0.15, -0.1) is 0 Å². The maximum absolute atomic E-state index is 12.2. The topological polar surface area (TPSA) is 84.5 Å². The van der Waals surface area contributed by atoms with E-state index in [1.807, 2.05) is 0 Å². The predicted molar refractivity (Wildman–Crippen MR) is 88.0 cm³/mol. The van der Waals surface area contributed by atoms with Gasteiger partial charge in [0, 0.05) is 6.04 Å². The number of rotatable bonds is 5. The molecule has 4 fully saturated rings. The van der Waals surface area contributed by atoms with Crippen molar-refractivity contribution in [3.8, 4) is 0 Å². The second-order valence-electron chi connectivity index (χ2n) is 8.43. The minimum atomic E-state index is -0.591. The molecule has 6 heteroatoms. The average molecular weight is 336 g/mol. The van der Waals surface area contributed by atoms with Gasteiger partial charge in [-0.2, -0.15) is 0 Å². The fourth-order valence-electron chi connectivity index (χ4n) is 5.47. The Kier molecular flexibility index (Phi) is 4.83. The molecule has 0 saturated heterocycles. The van der Waals surface area contributed by atoms with Gasteiger partial charge in [0.1, 0.15) is 0 Å². The van der Waals surface area contributed by atoms with Gasteiger partial charge in [0.15, 0.2) is 6.61 Å². The molecule has 4 saturated carbocycles. The van der Waals surface area contributed by atoms with Gasteiger partial charge in [0.05, 0.1) is 6.42 Å². The van der Waals surface area contributed by atoms with Gasteiger partial charge in [-0.3, -0.25) is 14.9 Å². The van der Waals surface area contributed by atoms with E-state index in [1.54, 1.807) is 13.8 Å². The van der Waals surface area contributed by atoms with Crippen molar-refractivity contribution in [2.24, 2.45) is 23.2 Å². The molecular formula is C18H28N2O4. The number of imide groups is 1. The third-order valence-corrected chi connectivity index (χ3v) is 5.72. The van der Waals surface area contributed by atoms with Crippen molar-refractivity contribution in [3.05, 3.63) is 0 Å². The molecular weight excluding hydrogens is 308 g/mol. The van der Waals surface area contributed by atoms with E-state index in [4.69, 9.17) is 4.74 Å². The molecule has 4 bridgehead atoms. The zero-order valence-electron chi connectivity index (χ0n) is 14.6. The lowest BCUT2D eigenvalue weighted by Crippen LogP contribution is -2.47. The molecule has 0 aliphatic heterocycles. The van der Waals surface area contributed by atoms with Crippen molar-refractivity contribution in [1.82, 2.24) is 10.6 Å². The van der Waals surface area contributed by atoms with Gasteiger partial charge in [0.2, 0.25) is 0 Å². The molecule has 24 heavy (non-hydrogen) atoms. The molecule has 0 spiro atoms. The highest BCUT2D eigenvalue weighted by molar-refractivity contribution is 5.95. The van der Waals surface area contributed by atoms with Crippen LogP contribution in [0, 0.1) is 23.2 Å². The molecule has 0 aromatic heterocycles. The highest BCUT2D eigenvalue weighted by Gasteiger charge is 2.51. The van der Waals surface area contributed by atoms with E-state index in [0.29, 0.717) is 6.42 Å². The van der Waals surface area contributed by atoms with E-state index in [-0.39, 0.29) is 17.4 Å². The summed E-state index contributed by atoms with van der Waals surface area (Å²) >= 11 is 0. The Morgan fingerprint density at radius 3 is 2.08 bits per heavy atom. The van der Waals surface area contributed by atoms with Crippen molar-refractivity contribution in [3.63, 3.8) is 0 Å². The molecule has 4 rings (SSSR count). The zero-order valence-corrected chi connectivity index (χ0v) is 14.6. The number of carbonyl (C=O) groups is 3. The molecule has 0 radical (unpaired) electrons. The standard InChI is InChI=1S/C18H28N2O4/c1-11(2)19-17(23)20-15(21)10-24-16(22)9-18-6-12-3-13(7-18)5-14(4-12)8-18/h11-14H,3-10H2,1-2H3,(H2,19,20,21,23). The van der Waals surface area contributed by atoms with Crippen LogP contribution in [0.15, 0.2) is 0 Å². The molecule has 6 nitrogen and oxygen atoms in total. The Morgan fingerprint density at radius 2 is 1.58 bits per heavy atom. The maximum Gasteiger partial charge on any atom is 0.321 e.